The number of halogens is 2. The molecule has 0 bridgehead atoms. The quantitative estimate of drug-likeness (QED) is 0.638. The van der Waals surface area contributed by atoms with Gasteiger partial charge in [-0.3, -0.25) is 4.79 Å². The summed E-state index contributed by atoms with van der Waals surface area (Å²) in [4.78, 5) is 12.2. The highest BCUT2D eigenvalue weighted by atomic mass is 35.5. The SMILES string of the molecule is CC(C(=O)c1cccc(Cl)c1)S(=O)(=O)c1ccc(F)cc1. The van der Waals surface area contributed by atoms with Crippen molar-refractivity contribution >= 4 is 27.2 Å². The first kappa shape index (κ1) is 15.7. The van der Waals surface area contributed by atoms with Crippen LogP contribution in [0.3, 0.4) is 0 Å². The van der Waals surface area contributed by atoms with Gasteiger partial charge in [-0.15, -0.1) is 0 Å². The van der Waals surface area contributed by atoms with Crippen molar-refractivity contribution in [2.24, 2.45) is 0 Å². The van der Waals surface area contributed by atoms with E-state index in [2.05, 4.69) is 0 Å². The van der Waals surface area contributed by atoms with Gasteiger partial charge in [0.05, 0.1) is 4.90 Å². The molecule has 0 aromatic heterocycles. The molecule has 2 aromatic carbocycles. The van der Waals surface area contributed by atoms with Crippen molar-refractivity contribution in [1.29, 1.82) is 0 Å². The van der Waals surface area contributed by atoms with Crippen LogP contribution in [0.25, 0.3) is 0 Å². The Kier molecular flexibility index (Phi) is 4.44. The highest BCUT2D eigenvalue weighted by molar-refractivity contribution is 7.92. The standard InChI is InChI=1S/C15H12ClFO3S/c1-10(15(18)11-3-2-4-12(16)9-11)21(19,20)14-7-5-13(17)6-8-14/h2-10H,1H3. The zero-order chi connectivity index (χ0) is 15.6. The topological polar surface area (TPSA) is 51.2 Å². The maximum Gasteiger partial charge on any atom is 0.188 e. The molecule has 0 saturated heterocycles. The number of rotatable bonds is 4. The molecule has 0 N–H and O–H groups in total. The van der Waals surface area contributed by atoms with Crippen LogP contribution in [-0.4, -0.2) is 19.5 Å². The first-order valence-corrected chi connectivity index (χ1v) is 8.04. The third kappa shape index (κ3) is 3.31. The zero-order valence-electron chi connectivity index (χ0n) is 11.1. The van der Waals surface area contributed by atoms with Gasteiger partial charge in [-0.1, -0.05) is 23.7 Å². The highest BCUT2D eigenvalue weighted by Gasteiger charge is 2.30. The number of ketones is 1. The van der Waals surface area contributed by atoms with Crippen molar-refractivity contribution in [3.63, 3.8) is 0 Å². The van der Waals surface area contributed by atoms with E-state index in [4.69, 9.17) is 11.6 Å². The van der Waals surface area contributed by atoms with Crippen LogP contribution >= 0.6 is 11.6 Å². The van der Waals surface area contributed by atoms with Crippen molar-refractivity contribution in [3.05, 3.63) is 64.9 Å². The summed E-state index contributed by atoms with van der Waals surface area (Å²) < 4.78 is 37.6. The van der Waals surface area contributed by atoms with E-state index in [-0.39, 0.29) is 10.5 Å². The van der Waals surface area contributed by atoms with Crippen molar-refractivity contribution in [3.8, 4) is 0 Å². The predicted octanol–water partition coefficient (Wildman–Crippen LogP) is 3.52. The first-order valence-electron chi connectivity index (χ1n) is 6.11. The van der Waals surface area contributed by atoms with E-state index in [0.717, 1.165) is 24.3 Å². The minimum Gasteiger partial charge on any atom is -0.293 e. The van der Waals surface area contributed by atoms with Gasteiger partial charge >= 0.3 is 0 Å². The lowest BCUT2D eigenvalue weighted by Gasteiger charge is -2.12. The van der Waals surface area contributed by atoms with Gasteiger partial charge in [0.2, 0.25) is 0 Å². The summed E-state index contributed by atoms with van der Waals surface area (Å²) in [5.74, 6) is -1.09. The van der Waals surface area contributed by atoms with Gasteiger partial charge < -0.3 is 0 Å². The van der Waals surface area contributed by atoms with Crippen LogP contribution < -0.4 is 0 Å². The fraction of sp³-hybridized carbons (Fsp3) is 0.133. The van der Waals surface area contributed by atoms with Gasteiger partial charge in [0.25, 0.3) is 0 Å². The van der Waals surface area contributed by atoms with Gasteiger partial charge in [0.15, 0.2) is 15.6 Å². The van der Waals surface area contributed by atoms with Crippen LogP contribution in [0.2, 0.25) is 5.02 Å². The summed E-state index contributed by atoms with van der Waals surface area (Å²) in [5, 5.41) is -0.923. The second-order valence-electron chi connectivity index (χ2n) is 4.52. The Morgan fingerprint density at radius 1 is 1.14 bits per heavy atom. The third-order valence-electron chi connectivity index (χ3n) is 3.09. The molecular formula is C15H12ClFO3S. The lowest BCUT2D eigenvalue weighted by molar-refractivity contribution is 0.0991. The van der Waals surface area contributed by atoms with E-state index >= 15 is 0 Å². The third-order valence-corrected chi connectivity index (χ3v) is 5.40. The largest absolute Gasteiger partial charge is 0.293 e. The fourth-order valence-corrected chi connectivity index (χ4v) is 3.38. The average Bonchev–Trinajstić information content (AvgIpc) is 2.46. The second kappa shape index (κ2) is 5.95. The molecular weight excluding hydrogens is 315 g/mol. The maximum absolute atomic E-state index is 12.9. The average molecular weight is 327 g/mol. The van der Waals surface area contributed by atoms with E-state index in [1.807, 2.05) is 0 Å². The number of sulfone groups is 1. The Hall–Kier alpha value is -1.72. The molecule has 2 rings (SSSR count). The van der Waals surface area contributed by atoms with Crippen LogP contribution in [0, 0.1) is 5.82 Å². The van der Waals surface area contributed by atoms with E-state index in [9.17, 15) is 17.6 Å². The molecule has 0 amide bonds. The number of hydrogen-bond acceptors (Lipinski definition) is 3. The van der Waals surface area contributed by atoms with Crippen LogP contribution in [0.4, 0.5) is 4.39 Å². The van der Waals surface area contributed by atoms with Crippen LogP contribution in [0.1, 0.15) is 17.3 Å². The van der Waals surface area contributed by atoms with E-state index in [1.54, 1.807) is 12.1 Å². The lowest BCUT2D eigenvalue weighted by Crippen LogP contribution is -2.27. The molecule has 0 heterocycles. The number of Topliss-reactive ketones (excluding diaryl/α,β-unsaturated/α-hetero) is 1. The second-order valence-corrected chi connectivity index (χ2v) is 7.22. The summed E-state index contributed by atoms with van der Waals surface area (Å²) in [7, 11) is -3.88. The van der Waals surface area contributed by atoms with Gasteiger partial charge in [-0.2, -0.15) is 0 Å². The molecule has 0 aliphatic heterocycles. The van der Waals surface area contributed by atoms with Crippen LogP contribution in [0.5, 0.6) is 0 Å². The molecule has 0 spiro atoms. The van der Waals surface area contributed by atoms with Gasteiger partial charge in [-0.05, 0) is 43.3 Å². The molecule has 0 fully saturated rings. The molecule has 21 heavy (non-hydrogen) atoms. The normalized spacial score (nSPS) is 12.9. The maximum atomic E-state index is 12.9. The van der Waals surface area contributed by atoms with Crippen molar-refractivity contribution < 1.29 is 17.6 Å². The molecule has 1 atom stereocenters. The smallest absolute Gasteiger partial charge is 0.188 e. The molecule has 3 nitrogen and oxygen atoms in total. The Balaban J connectivity index is 2.36. The van der Waals surface area contributed by atoms with Crippen molar-refractivity contribution in [1.82, 2.24) is 0 Å². The minimum absolute atomic E-state index is 0.0909. The summed E-state index contributed by atoms with van der Waals surface area (Å²) >= 11 is 5.80. The predicted molar refractivity (Wildman–Crippen MR) is 78.8 cm³/mol. The minimum atomic E-state index is -3.88. The molecule has 110 valence electrons. The molecule has 0 aliphatic rings. The Labute approximate surface area is 127 Å². The molecule has 1 unspecified atom stereocenters. The fourth-order valence-electron chi connectivity index (χ4n) is 1.85. The molecule has 0 radical (unpaired) electrons. The number of benzene rings is 2. The van der Waals surface area contributed by atoms with Gasteiger partial charge in [-0.25, -0.2) is 12.8 Å². The summed E-state index contributed by atoms with van der Waals surface area (Å²) in [6.45, 7) is 1.31. The summed E-state index contributed by atoms with van der Waals surface area (Å²) in [6, 6.07) is 10.5. The monoisotopic (exact) mass is 326 g/mol. The van der Waals surface area contributed by atoms with Gasteiger partial charge in [0.1, 0.15) is 11.1 Å². The van der Waals surface area contributed by atoms with Crippen molar-refractivity contribution in [2.75, 3.05) is 0 Å². The Morgan fingerprint density at radius 2 is 1.76 bits per heavy atom. The summed E-state index contributed by atoms with van der Waals surface area (Å²) in [6.07, 6.45) is 0. The van der Waals surface area contributed by atoms with E-state index in [0.29, 0.717) is 5.02 Å². The number of hydrogen-bond donors (Lipinski definition) is 0. The molecule has 0 saturated carbocycles. The highest BCUT2D eigenvalue weighted by Crippen LogP contribution is 2.21. The Morgan fingerprint density at radius 3 is 2.33 bits per heavy atom. The van der Waals surface area contributed by atoms with Crippen molar-refractivity contribution in [2.45, 2.75) is 17.1 Å². The zero-order valence-corrected chi connectivity index (χ0v) is 12.7. The lowest BCUT2D eigenvalue weighted by atomic mass is 10.1. The molecule has 0 aliphatic carbocycles. The van der Waals surface area contributed by atoms with Gasteiger partial charge in [0, 0.05) is 10.6 Å². The van der Waals surface area contributed by atoms with E-state index in [1.165, 1.54) is 19.1 Å². The molecule has 2 aromatic rings. The first-order chi connectivity index (χ1) is 9.82. The number of carbonyl (C=O) groups excluding carboxylic acids is 1. The van der Waals surface area contributed by atoms with E-state index < -0.39 is 26.7 Å². The van der Waals surface area contributed by atoms with Crippen LogP contribution in [-0.2, 0) is 9.84 Å². The molecule has 6 heteroatoms. The summed E-state index contributed by atoms with van der Waals surface area (Å²) in [5.41, 5.74) is 0.223. The van der Waals surface area contributed by atoms with Crippen LogP contribution in [0.15, 0.2) is 53.4 Å². The number of carbonyl (C=O) groups is 1. The Bertz CT molecular complexity index is 770.